The summed E-state index contributed by atoms with van der Waals surface area (Å²) in [5, 5.41) is 0.520. The molecule has 8 heteroatoms. The zero-order valence-corrected chi connectivity index (χ0v) is 20.6. The lowest BCUT2D eigenvalue weighted by molar-refractivity contribution is 0.101. The van der Waals surface area contributed by atoms with Crippen molar-refractivity contribution in [2.24, 2.45) is 17.4 Å². The number of hydrogen-bond donors (Lipinski definition) is 2. The zero-order chi connectivity index (χ0) is 24.8. The molecule has 0 spiro atoms. The molecule has 0 atom stereocenters. The van der Waals surface area contributed by atoms with Crippen LogP contribution in [0.4, 0.5) is 0 Å². The second-order valence-electron chi connectivity index (χ2n) is 8.92. The number of rotatable bonds is 7. The van der Waals surface area contributed by atoms with E-state index in [4.69, 9.17) is 16.2 Å². The van der Waals surface area contributed by atoms with Gasteiger partial charge in [0.2, 0.25) is 0 Å². The van der Waals surface area contributed by atoms with Gasteiger partial charge in [-0.1, -0.05) is 17.7 Å². The van der Waals surface area contributed by atoms with Gasteiger partial charge in [-0.15, -0.1) is 0 Å². The molecule has 0 unspecified atom stereocenters. The average molecular weight is 480 g/mol. The summed E-state index contributed by atoms with van der Waals surface area (Å²) in [6.45, 7) is 6.87. The summed E-state index contributed by atoms with van der Waals surface area (Å²) in [4.78, 5) is 12.5. The molecule has 1 saturated carbocycles. The summed E-state index contributed by atoms with van der Waals surface area (Å²) in [6.07, 6.45) is 6.86. The first-order valence-corrected chi connectivity index (χ1v) is 12.5. The van der Waals surface area contributed by atoms with Crippen LogP contribution in [0.2, 0.25) is 0 Å². The van der Waals surface area contributed by atoms with Gasteiger partial charge in [0.1, 0.15) is 5.75 Å². The van der Waals surface area contributed by atoms with Crippen molar-refractivity contribution in [3.63, 3.8) is 0 Å². The highest BCUT2D eigenvalue weighted by atomic mass is 32.2. The Morgan fingerprint density at radius 3 is 2.29 bits per heavy atom. The van der Waals surface area contributed by atoms with Gasteiger partial charge in [0.25, 0.3) is 10.0 Å². The third-order valence-electron chi connectivity index (χ3n) is 5.97. The van der Waals surface area contributed by atoms with E-state index in [9.17, 15) is 13.2 Å². The summed E-state index contributed by atoms with van der Waals surface area (Å²) in [5.41, 5.74) is 15.7. The van der Waals surface area contributed by atoms with Crippen molar-refractivity contribution in [3.05, 3.63) is 82.5 Å². The van der Waals surface area contributed by atoms with Crippen LogP contribution in [-0.4, -0.2) is 18.2 Å². The van der Waals surface area contributed by atoms with Crippen LogP contribution in [0.5, 0.6) is 5.75 Å². The molecule has 0 radical (unpaired) electrons. The molecule has 178 valence electrons. The minimum atomic E-state index is -3.99. The van der Waals surface area contributed by atoms with Gasteiger partial charge in [0, 0.05) is 28.9 Å². The minimum Gasteiger partial charge on any atom is -0.442 e. The molecule has 0 aliphatic heterocycles. The summed E-state index contributed by atoms with van der Waals surface area (Å²) >= 11 is 0. The SMILES string of the molecule is CC(=O)c1cn(S(=O)(=O)c2c(C)cc(C)cc2C)c2cc(O/C(N)=C/C=C(\N)C3CC3)ccc12. The Labute approximate surface area is 199 Å². The van der Waals surface area contributed by atoms with E-state index >= 15 is 0 Å². The fraction of sp³-hybridized carbons (Fsp3) is 0.269. The van der Waals surface area contributed by atoms with Crippen molar-refractivity contribution in [2.75, 3.05) is 0 Å². The van der Waals surface area contributed by atoms with E-state index in [1.807, 2.05) is 19.1 Å². The number of carbonyl (C=O) groups is 1. The third-order valence-corrected chi connectivity index (χ3v) is 7.95. The van der Waals surface area contributed by atoms with E-state index in [0.29, 0.717) is 39.3 Å². The number of carbonyl (C=O) groups excluding carboxylic acids is 1. The number of Topliss-reactive ketones (excluding diaryl/α,β-unsaturated/α-hetero) is 1. The van der Waals surface area contributed by atoms with Crippen LogP contribution < -0.4 is 16.2 Å². The number of nitrogens with zero attached hydrogens (tertiary/aromatic N) is 1. The van der Waals surface area contributed by atoms with Gasteiger partial charge in [-0.2, -0.15) is 0 Å². The molecule has 4 rings (SSSR count). The first kappa shape index (κ1) is 23.6. The molecule has 1 aliphatic carbocycles. The quantitative estimate of drug-likeness (QED) is 0.294. The van der Waals surface area contributed by atoms with E-state index in [1.165, 1.54) is 13.1 Å². The van der Waals surface area contributed by atoms with E-state index in [-0.39, 0.29) is 16.6 Å². The largest absolute Gasteiger partial charge is 0.442 e. The Balaban J connectivity index is 1.82. The van der Waals surface area contributed by atoms with Crippen LogP contribution in [-0.2, 0) is 10.0 Å². The first-order chi connectivity index (χ1) is 16.0. The molecule has 1 fully saturated rings. The number of nitrogens with two attached hydrogens (primary N) is 2. The molecule has 0 saturated heterocycles. The number of aryl methyl sites for hydroxylation is 3. The molecule has 1 aromatic heterocycles. The van der Waals surface area contributed by atoms with Crippen molar-refractivity contribution >= 4 is 26.7 Å². The topological polar surface area (TPSA) is 117 Å². The zero-order valence-electron chi connectivity index (χ0n) is 19.8. The number of fused-ring (bicyclic) bond motifs is 1. The predicted octanol–water partition coefficient (Wildman–Crippen LogP) is 4.44. The molecule has 3 aromatic rings. The van der Waals surface area contributed by atoms with Crippen LogP contribution in [0, 0.1) is 26.7 Å². The Morgan fingerprint density at radius 2 is 1.71 bits per heavy atom. The molecule has 1 heterocycles. The predicted molar refractivity (Wildman–Crippen MR) is 133 cm³/mol. The first-order valence-electron chi connectivity index (χ1n) is 11.1. The lowest BCUT2D eigenvalue weighted by Gasteiger charge is -2.14. The van der Waals surface area contributed by atoms with Gasteiger partial charge in [-0.3, -0.25) is 4.79 Å². The number of allylic oxidation sites excluding steroid dienone is 3. The van der Waals surface area contributed by atoms with Crippen molar-refractivity contribution in [1.29, 1.82) is 0 Å². The number of benzene rings is 2. The number of ether oxygens (including phenoxy) is 1. The van der Waals surface area contributed by atoms with Gasteiger partial charge in [0.05, 0.1) is 10.4 Å². The lowest BCUT2D eigenvalue weighted by Crippen LogP contribution is -2.15. The second-order valence-corrected chi connectivity index (χ2v) is 10.7. The van der Waals surface area contributed by atoms with Crippen LogP contribution in [0.15, 0.2) is 65.2 Å². The van der Waals surface area contributed by atoms with Crippen LogP contribution in [0.1, 0.15) is 46.8 Å². The number of aromatic nitrogens is 1. The van der Waals surface area contributed by atoms with Crippen LogP contribution >= 0.6 is 0 Å². The van der Waals surface area contributed by atoms with E-state index in [1.54, 1.807) is 44.2 Å². The second kappa shape index (κ2) is 8.68. The minimum absolute atomic E-state index is 0.126. The van der Waals surface area contributed by atoms with Gasteiger partial charge < -0.3 is 16.2 Å². The fourth-order valence-electron chi connectivity index (χ4n) is 4.29. The molecular weight excluding hydrogens is 450 g/mol. The van der Waals surface area contributed by atoms with Crippen molar-refractivity contribution in [3.8, 4) is 5.75 Å². The summed E-state index contributed by atoms with van der Waals surface area (Å²) < 4.78 is 34.4. The molecule has 4 N–H and O–H groups in total. The van der Waals surface area contributed by atoms with Gasteiger partial charge in [-0.25, -0.2) is 12.4 Å². The fourth-order valence-corrected chi connectivity index (χ4v) is 6.08. The maximum absolute atomic E-state index is 13.8. The summed E-state index contributed by atoms with van der Waals surface area (Å²) in [6, 6.07) is 8.57. The molecule has 34 heavy (non-hydrogen) atoms. The maximum atomic E-state index is 13.8. The Hall–Kier alpha value is -3.52. The number of hydrogen-bond acceptors (Lipinski definition) is 6. The Kier molecular flexibility index (Phi) is 6.03. The smallest absolute Gasteiger partial charge is 0.268 e. The van der Waals surface area contributed by atoms with Crippen molar-refractivity contribution < 1.29 is 17.9 Å². The standard InChI is InChI=1S/C26H29N3O4S/c1-15-11-16(2)26(17(3)12-15)34(31,32)29-14-22(18(4)30)21-8-7-20(13-24(21)29)33-25(28)10-9-23(27)19-5-6-19/h7-14,19H,5-6,27-28H2,1-4H3/b23-9-,25-10+. The van der Waals surface area contributed by atoms with E-state index in [2.05, 4.69) is 0 Å². The maximum Gasteiger partial charge on any atom is 0.268 e. The summed E-state index contributed by atoms with van der Waals surface area (Å²) in [7, 11) is -3.99. The highest BCUT2D eigenvalue weighted by Gasteiger charge is 2.26. The monoisotopic (exact) mass is 479 g/mol. The normalized spacial score (nSPS) is 15.1. The molecular formula is C26H29N3O4S. The van der Waals surface area contributed by atoms with Crippen molar-refractivity contribution in [2.45, 2.75) is 45.4 Å². The highest BCUT2D eigenvalue weighted by Crippen LogP contribution is 2.34. The Morgan fingerprint density at radius 1 is 1.06 bits per heavy atom. The van der Waals surface area contributed by atoms with Gasteiger partial charge >= 0.3 is 0 Å². The molecule has 7 nitrogen and oxygen atoms in total. The van der Waals surface area contributed by atoms with E-state index in [0.717, 1.165) is 28.1 Å². The number of ketones is 1. The average Bonchev–Trinajstić information content (AvgIpc) is 3.51. The molecule has 2 aromatic carbocycles. The van der Waals surface area contributed by atoms with Gasteiger partial charge in [-0.05, 0) is 81.9 Å². The molecule has 0 amide bonds. The van der Waals surface area contributed by atoms with Gasteiger partial charge in [0.15, 0.2) is 11.7 Å². The lowest BCUT2D eigenvalue weighted by atomic mass is 10.1. The van der Waals surface area contributed by atoms with Crippen LogP contribution in [0.25, 0.3) is 10.9 Å². The highest BCUT2D eigenvalue weighted by molar-refractivity contribution is 7.90. The third kappa shape index (κ3) is 4.46. The van der Waals surface area contributed by atoms with Crippen LogP contribution in [0.3, 0.4) is 0 Å². The molecule has 0 bridgehead atoms. The van der Waals surface area contributed by atoms with Crippen molar-refractivity contribution in [1.82, 2.24) is 3.97 Å². The van der Waals surface area contributed by atoms with E-state index < -0.39 is 10.0 Å². The summed E-state index contributed by atoms with van der Waals surface area (Å²) in [5.74, 6) is 0.653. The Bertz CT molecular complexity index is 1450. The molecule has 1 aliphatic rings.